The van der Waals surface area contributed by atoms with E-state index in [0.29, 0.717) is 24.9 Å². The van der Waals surface area contributed by atoms with E-state index in [2.05, 4.69) is 4.72 Å². The van der Waals surface area contributed by atoms with Gasteiger partial charge in [0.2, 0.25) is 15.9 Å². The second-order valence-electron chi connectivity index (χ2n) is 5.95. The van der Waals surface area contributed by atoms with Crippen molar-refractivity contribution >= 4 is 27.3 Å². The first-order valence-electron chi connectivity index (χ1n) is 7.88. The number of nitrogens with zero attached hydrogens (tertiary/aromatic N) is 1. The zero-order chi connectivity index (χ0) is 17.2. The van der Waals surface area contributed by atoms with Crippen LogP contribution in [0.1, 0.15) is 17.5 Å². The van der Waals surface area contributed by atoms with Crippen LogP contribution in [0.3, 0.4) is 0 Å². The van der Waals surface area contributed by atoms with Gasteiger partial charge in [0.25, 0.3) is 0 Å². The lowest BCUT2D eigenvalue weighted by atomic mass is 10.0. The summed E-state index contributed by atoms with van der Waals surface area (Å²) in [6.07, 6.45) is 1.56. The number of fused-ring (bicyclic) bond motifs is 1. The molecule has 1 aliphatic heterocycles. The fourth-order valence-electron chi connectivity index (χ4n) is 2.85. The van der Waals surface area contributed by atoms with Gasteiger partial charge in [-0.05, 0) is 42.2 Å². The number of nitrogens with one attached hydrogen (secondary N) is 1. The van der Waals surface area contributed by atoms with Crippen LogP contribution in [0.2, 0.25) is 0 Å². The maximum absolute atomic E-state index is 12.3. The van der Waals surface area contributed by atoms with Gasteiger partial charge in [-0.25, -0.2) is 8.42 Å². The van der Waals surface area contributed by atoms with Crippen LogP contribution in [-0.4, -0.2) is 27.1 Å². The summed E-state index contributed by atoms with van der Waals surface area (Å²) in [7, 11) is -1.67. The Labute approximate surface area is 142 Å². The summed E-state index contributed by atoms with van der Waals surface area (Å²) < 4.78 is 27.2. The number of hydrogen-bond donors (Lipinski definition) is 1. The second-order valence-corrected chi connectivity index (χ2v) is 7.79. The molecule has 0 unspecified atom stereocenters. The highest BCUT2D eigenvalue weighted by molar-refractivity contribution is 7.92. The predicted octanol–water partition coefficient (Wildman–Crippen LogP) is 2.58. The normalized spacial score (nSPS) is 14.4. The number of benzene rings is 2. The van der Waals surface area contributed by atoms with Gasteiger partial charge in [-0.2, -0.15) is 0 Å². The summed E-state index contributed by atoms with van der Waals surface area (Å²) >= 11 is 0. The van der Waals surface area contributed by atoms with Crippen molar-refractivity contribution in [2.75, 3.05) is 22.4 Å². The van der Waals surface area contributed by atoms with Gasteiger partial charge in [0, 0.05) is 24.8 Å². The Morgan fingerprint density at radius 3 is 2.58 bits per heavy atom. The Kier molecular flexibility index (Phi) is 4.57. The van der Waals surface area contributed by atoms with Crippen molar-refractivity contribution in [3.8, 4) is 0 Å². The molecule has 1 N–H and O–H groups in total. The molecule has 126 valence electrons. The van der Waals surface area contributed by atoms with E-state index in [0.717, 1.165) is 16.8 Å². The molecule has 0 saturated heterocycles. The molecule has 1 amide bonds. The Bertz CT molecular complexity index is 848. The van der Waals surface area contributed by atoms with E-state index in [1.165, 1.54) is 0 Å². The maximum atomic E-state index is 12.3. The number of amides is 1. The van der Waals surface area contributed by atoms with Gasteiger partial charge in [0.15, 0.2) is 0 Å². The van der Waals surface area contributed by atoms with Crippen LogP contribution in [0, 0.1) is 0 Å². The molecule has 1 aliphatic rings. The average Bonchev–Trinajstić information content (AvgIpc) is 2.57. The summed E-state index contributed by atoms with van der Waals surface area (Å²) in [5, 5.41) is 0. The molecule has 3 rings (SSSR count). The molecule has 2 aromatic carbocycles. The quantitative estimate of drug-likeness (QED) is 0.906. The van der Waals surface area contributed by atoms with E-state index in [1.807, 2.05) is 36.4 Å². The van der Waals surface area contributed by atoms with Gasteiger partial charge >= 0.3 is 0 Å². The molecule has 0 aromatic heterocycles. The standard InChI is InChI=1S/C18H20N2O3S/c1-20-17-9-8-16(13-15(17)7-10-18(20)21)19-24(22,23)12-11-14-5-3-2-4-6-14/h2-6,8-9,13,19H,7,10-12H2,1H3. The zero-order valence-corrected chi connectivity index (χ0v) is 14.3. The van der Waals surface area contributed by atoms with Gasteiger partial charge in [-0.3, -0.25) is 9.52 Å². The van der Waals surface area contributed by atoms with E-state index in [9.17, 15) is 13.2 Å². The summed E-state index contributed by atoms with van der Waals surface area (Å²) in [6, 6.07) is 14.9. The minimum Gasteiger partial charge on any atom is -0.315 e. The van der Waals surface area contributed by atoms with Crippen LogP contribution in [-0.2, 0) is 27.7 Å². The van der Waals surface area contributed by atoms with Crippen molar-refractivity contribution in [1.29, 1.82) is 0 Å². The van der Waals surface area contributed by atoms with Crippen molar-refractivity contribution in [1.82, 2.24) is 0 Å². The third kappa shape index (κ3) is 3.76. The zero-order valence-electron chi connectivity index (χ0n) is 13.5. The van der Waals surface area contributed by atoms with E-state index < -0.39 is 10.0 Å². The molecule has 0 bridgehead atoms. The molecule has 0 spiro atoms. The Morgan fingerprint density at radius 1 is 1.08 bits per heavy atom. The highest BCUT2D eigenvalue weighted by Gasteiger charge is 2.21. The molecule has 2 aromatic rings. The highest BCUT2D eigenvalue weighted by atomic mass is 32.2. The van der Waals surface area contributed by atoms with Crippen LogP contribution in [0.15, 0.2) is 48.5 Å². The Balaban J connectivity index is 1.70. The molecule has 0 atom stereocenters. The monoisotopic (exact) mass is 344 g/mol. The fourth-order valence-corrected chi connectivity index (χ4v) is 3.94. The largest absolute Gasteiger partial charge is 0.315 e. The first kappa shape index (κ1) is 16.5. The predicted molar refractivity (Wildman–Crippen MR) is 95.7 cm³/mol. The van der Waals surface area contributed by atoms with E-state index in [1.54, 1.807) is 24.1 Å². The number of hydrogen-bond acceptors (Lipinski definition) is 3. The molecule has 0 fully saturated rings. The Hall–Kier alpha value is -2.34. The van der Waals surface area contributed by atoms with Gasteiger partial charge in [0.1, 0.15) is 0 Å². The Morgan fingerprint density at radius 2 is 1.83 bits per heavy atom. The van der Waals surface area contributed by atoms with E-state index in [-0.39, 0.29) is 11.7 Å². The molecular weight excluding hydrogens is 324 g/mol. The SMILES string of the molecule is CN1C(=O)CCc2cc(NS(=O)(=O)CCc3ccccc3)ccc21. The minimum atomic E-state index is -3.41. The highest BCUT2D eigenvalue weighted by Crippen LogP contribution is 2.29. The van der Waals surface area contributed by atoms with Crippen molar-refractivity contribution < 1.29 is 13.2 Å². The molecule has 5 nitrogen and oxygen atoms in total. The number of rotatable bonds is 5. The molecule has 0 aliphatic carbocycles. The third-order valence-electron chi connectivity index (χ3n) is 4.20. The lowest BCUT2D eigenvalue weighted by molar-refractivity contribution is -0.118. The summed E-state index contributed by atoms with van der Waals surface area (Å²) in [6.45, 7) is 0. The van der Waals surface area contributed by atoms with Gasteiger partial charge in [-0.15, -0.1) is 0 Å². The molecule has 0 radical (unpaired) electrons. The lowest BCUT2D eigenvalue weighted by Crippen LogP contribution is -2.31. The summed E-state index contributed by atoms with van der Waals surface area (Å²) in [5.41, 5.74) is 3.37. The number of carbonyl (C=O) groups excluding carboxylic acids is 1. The molecule has 6 heteroatoms. The average molecular weight is 344 g/mol. The topological polar surface area (TPSA) is 66.5 Å². The van der Waals surface area contributed by atoms with Gasteiger partial charge in [-0.1, -0.05) is 30.3 Å². The first-order chi connectivity index (χ1) is 11.4. The van der Waals surface area contributed by atoms with Gasteiger partial charge in [0.05, 0.1) is 5.75 Å². The van der Waals surface area contributed by atoms with Crippen LogP contribution < -0.4 is 9.62 Å². The van der Waals surface area contributed by atoms with Crippen LogP contribution >= 0.6 is 0 Å². The number of aryl methyl sites for hydroxylation is 2. The van der Waals surface area contributed by atoms with Crippen LogP contribution in [0.25, 0.3) is 0 Å². The second kappa shape index (κ2) is 6.65. The number of anilines is 2. The summed E-state index contributed by atoms with van der Waals surface area (Å²) in [5.74, 6) is 0.116. The molecular formula is C18H20N2O3S. The van der Waals surface area contributed by atoms with E-state index >= 15 is 0 Å². The maximum Gasteiger partial charge on any atom is 0.233 e. The third-order valence-corrected chi connectivity index (χ3v) is 5.49. The first-order valence-corrected chi connectivity index (χ1v) is 9.54. The van der Waals surface area contributed by atoms with Crippen LogP contribution in [0.5, 0.6) is 0 Å². The van der Waals surface area contributed by atoms with Crippen molar-refractivity contribution in [3.05, 3.63) is 59.7 Å². The van der Waals surface area contributed by atoms with Crippen LogP contribution in [0.4, 0.5) is 11.4 Å². The minimum absolute atomic E-state index is 0.0342. The van der Waals surface area contributed by atoms with Crippen molar-refractivity contribution in [2.45, 2.75) is 19.3 Å². The molecule has 0 saturated carbocycles. The van der Waals surface area contributed by atoms with Gasteiger partial charge < -0.3 is 4.90 Å². The smallest absolute Gasteiger partial charge is 0.233 e. The summed E-state index contributed by atoms with van der Waals surface area (Å²) in [4.78, 5) is 13.3. The number of carbonyl (C=O) groups is 1. The molecule has 24 heavy (non-hydrogen) atoms. The van der Waals surface area contributed by atoms with Crippen molar-refractivity contribution in [3.63, 3.8) is 0 Å². The lowest BCUT2D eigenvalue weighted by Gasteiger charge is -2.26. The molecule has 1 heterocycles. The fraction of sp³-hybridized carbons (Fsp3) is 0.278. The van der Waals surface area contributed by atoms with E-state index in [4.69, 9.17) is 0 Å². The number of sulfonamides is 1. The van der Waals surface area contributed by atoms with Crippen molar-refractivity contribution in [2.24, 2.45) is 0 Å².